The van der Waals surface area contributed by atoms with E-state index in [2.05, 4.69) is 5.16 Å². The van der Waals surface area contributed by atoms with Crippen LogP contribution in [0.15, 0.2) is 16.8 Å². The van der Waals surface area contributed by atoms with Crippen molar-refractivity contribution >= 4 is 11.9 Å². The molecule has 1 aromatic heterocycles. The summed E-state index contributed by atoms with van der Waals surface area (Å²) < 4.78 is 4.84. The van der Waals surface area contributed by atoms with Gasteiger partial charge in [-0.15, -0.1) is 0 Å². The van der Waals surface area contributed by atoms with Gasteiger partial charge < -0.3 is 14.5 Å². The van der Waals surface area contributed by atoms with Crippen molar-refractivity contribution in [2.24, 2.45) is 0 Å². The van der Waals surface area contributed by atoms with Crippen LogP contribution in [0, 0.1) is 0 Å². The van der Waals surface area contributed by atoms with Crippen LogP contribution in [0.1, 0.15) is 18.6 Å². The second kappa shape index (κ2) is 3.72. The quantitative estimate of drug-likeness (QED) is 0.773. The molecule has 80 valence electrons. The summed E-state index contributed by atoms with van der Waals surface area (Å²) in [4.78, 5) is 23.6. The number of hydrogen-bond acceptors (Lipinski definition) is 4. The molecule has 0 aromatic carbocycles. The highest BCUT2D eigenvalue weighted by atomic mass is 16.5. The first-order valence-electron chi connectivity index (χ1n) is 4.60. The summed E-state index contributed by atoms with van der Waals surface area (Å²) in [7, 11) is 0. The van der Waals surface area contributed by atoms with Crippen molar-refractivity contribution < 1.29 is 19.2 Å². The molecule has 1 aliphatic rings. The maximum atomic E-state index is 11.4. The minimum absolute atomic E-state index is 0.154. The highest BCUT2D eigenvalue weighted by molar-refractivity contribution is 5.87. The van der Waals surface area contributed by atoms with Gasteiger partial charge in [-0.2, -0.15) is 0 Å². The number of nitrogens with zero attached hydrogens (tertiary/aromatic N) is 2. The number of carbonyl (C=O) groups excluding carboxylic acids is 1. The maximum Gasteiger partial charge on any atom is 0.326 e. The second-order valence-corrected chi connectivity index (χ2v) is 3.39. The zero-order valence-electron chi connectivity index (χ0n) is 7.92. The van der Waals surface area contributed by atoms with E-state index < -0.39 is 12.0 Å². The number of aliphatic carboxylic acids is 1. The lowest BCUT2D eigenvalue weighted by molar-refractivity contribution is -0.146. The largest absolute Gasteiger partial charge is 0.480 e. The maximum absolute atomic E-state index is 11.4. The lowest BCUT2D eigenvalue weighted by Gasteiger charge is -2.19. The first-order chi connectivity index (χ1) is 7.18. The van der Waals surface area contributed by atoms with E-state index in [0.29, 0.717) is 12.2 Å². The Bertz CT molecular complexity index is 373. The monoisotopic (exact) mass is 210 g/mol. The third kappa shape index (κ3) is 1.83. The zero-order valence-corrected chi connectivity index (χ0v) is 7.92. The average molecular weight is 210 g/mol. The lowest BCUT2D eigenvalue weighted by Crippen LogP contribution is -2.37. The summed E-state index contributed by atoms with van der Waals surface area (Å²) in [6, 6.07) is 0.882. The number of carboxylic acids is 1. The van der Waals surface area contributed by atoms with E-state index >= 15 is 0 Å². The highest BCUT2D eigenvalue weighted by Gasteiger charge is 2.36. The molecule has 1 aromatic rings. The summed E-state index contributed by atoms with van der Waals surface area (Å²) in [5, 5.41) is 12.4. The highest BCUT2D eigenvalue weighted by Crippen LogP contribution is 2.21. The van der Waals surface area contributed by atoms with Crippen molar-refractivity contribution in [1.82, 2.24) is 10.1 Å². The van der Waals surface area contributed by atoms with E-state index in [9.17, 15) is 9.59 Å². The zero-order chi connectivity index (χ0) is 10.8. The lowest BCUT2D eigenvalue weighted by atomic mass is 10.2. The summed E-state index contributed by atoms with van der Waals surface area (Å²) in [6.45, 7) is 0.176. The number of amides is 1. The van der Waals surface area contributed by atoms with Crippen molar-refractivity contribution in [2.45, 2.75) is 25.4 Å². The van der Waals surface area contributed by atoms with E-state index in [4.69, 9.17) is 9.63 Å². The smallest absolute Gasteiger partial charge is 0.326 e. The number of carboxylic acid groups (broad SMARTS) is 1. The van der Waals surface area contributed by atoms with E-state index in [1.165, 1.54) is 11.1 Å². The van der Waals surface area contributed by atoms with Gasteiger partial charge in [0.2, 0.25) is 5.91 Å². The first kappa shape index (κ1) is 9.70. The molecule has 2 rings (SSSR count). The minimum Gasteiger partial charge on any atom is -0.480 e. The normalized spacial score (nSPS) is 20.9. The molecule has 15 heavy (non-hydrogen) atoms. The number of hydrogen-bond donors (Lipinski definition) is 1. The summed E-state index contributed by atoms with van der Waals surface area (Å²) >= 11 is 0. The van der Waals surface area contributed by atoms with Gasteiger partial charge in [-0.1, -0.05) is 5.16 Å². The molecule has 1 saturated heterocycles. The van der Waals surface area contributed by atoms with Gasteiger partial charge in [0.25, 0.3) is 0 Å². The number of aromatic nitrogens is 1. The topological polar surface area (TPSA) is 83.6 Å². The van der Waals surface area contributed by atoms with Gasteiger partial charge in [-0.3, -0.25) is 4.79 Å². The molecule has 1 atom stereocenters. The van der Waals surface area contributed by atoms with E-state index in [0.717, 1.165) is 0 Å². The van der Waals surface area contributed by atoms with Gasteiger partial charge >= 0.3 is 5.97 Å². The molecule has 1 aliphatic heterocycles. The molecular weight excluding hydrogens is 200 g/mol. The predicted octanol–water partition coefficient (Wildman–Crippen LogP) is 0.250. The Labute approximate surface area is 85.5 Å². The number of rotatable bonds is 3. The fraction of sp³-hybridized carbons (Fsp3) is 0.444. The van der Waals surface area contributed by atoms with Crippen molar-refractivity contribution in [3.63, 3.8) is 0 Å². The Hall–Kier alpha value is -1.85. The van der Waals surface area contributed by atoms with Crippen molar-refractivity contribution in [3.05, 3.63) is 18.0 Å². The Balaban J connectivity index is 2.11. The van der Waals surface area contributed by atoms with Crippen LogP contribution >= 0.6 is 0 Å². The SMILES string of the molecule is O=C(O)C1CCC(=O)N1Cc1ccno1. The van der Waals surface area contributed by atoms with Gasteiger partial charge in [-0.05, 0) is 6.42 Å². The molecule has 6 heteroatoms. The minimum atomic E-state index is -0.972. The molecule has 1 amide bonds. The fourth-order valence-corrected chi connectivity index (χ4v) is 1.68. The standard InChI is InChI=1S/C9H10N2O4/c12-8-2-1-7(9(13)14)11(8)5-6-3-4-10-15-6/h3-4,7H,1-2,5H2,(H,13,14). The molecule has 0 spiro atoms. The predicted molar refractivity (Wildman–Crippen MR) is 47.7 cm³/mol. The van der Waals surface area contributed by atoms with Crippen LogP contribution in [-0.2, 0) is 16.1 Å². The molecule has 1 fully saturated rings. The summed E-state index contributed by atoms with van der Waals surface area (Å²) in [6.07, 6.45) is 2.11. The van der Waals surface area contributed by atoms with Crippen molar-refractivity contribution in [2.75, 3.05) is 0 Å². The number of carbonyl (C=O) groups is 2. The van der Waals surface area contributed by atoms with Crippen LogP contribution < -0.4 is 0 Å². The number of likely N-dealkylation sites (tertiary alicyclic amines) is 1. The van der Waals surface area contributed by atoms with Gasteiger partial charge in [0.1, 0.15) is 6.04 Å². The van der Waals surface area contributed by atoms with Crippen LogP contribution in [0.3, 0.4) is 0 Å². The van der Waals surface area contributed by atoms with Crippen molar-refractivity contribution in [3.8, 4) is 0 Å². The van der Waals surface area contributed by atoms with Crippen LogP contribution in [-0.4, -0.2) is 33.1 Å². The van der Waals surface area contributed by atoms with Crippen molar-refractivity contribution in [1.29, 1.82) is 0 Å². The fourth-order valence-electron chi connectivity index (χ4n) is 1.68. The third-order valence-electron chi connectivity index (χ3n) is 2.43. The van der Waals surface area contributed by atoms with Crippen LogP contribution in [0.25, 0.3) is 0 Å². The molecule has 2 heterocycles. The Morgan fingerprint density at radius 2 is 2.53 bits per heavy atom. The molecule has 1 unspecified atom stereocenters. The van der Waals surface area contributed by atoms with Crippen LogP contribution in [0.5, 0.6) is 0 Å². The van der Waals surface area contributed by atoms with Gasteiger partial charge in [0.05, 0.1) is 12.7 Å². The van der Waals surface area contributed by atoms with Gasteiger partial charge in [0.15, 0.2) is 5.76 Å². The van der Waals surface area contributed by atoms with E-state index in [-0.39, 0.29) is 18.9 Å². The third-order valence-corrected chi connectivity index (χ3v) is 2.43. The van der Waals surface area contributed by atoms with Crippen LogP contribution in [0.2, 0.25) is 0 Å². The molecule has 6 nitrogen and oxygen atoms in total. The molecule has 0 aliphatic carbocycles. The van der Waals surface area contributed by atoms with E-state index in [1.54, 1.807) is 6.07 Å². The Kier molecular flexibility index (Phi) is 2.40. The summed E-state index contributed by atoms with van der Waals surface area (Å²) in [5.74, 6) is -0.629. The molecule has 1 N–H and O–H groups in total. The van der Waals surface area contributed by atoms with Gasteiger partial charge in [0, 0.05) is 12.5 Å². The van der Waals surface area contributed by atoms with Gasteiger partial charge in [-0.25, -0.2) is 4.79 Å². The Morgan fingerprint density at radius 3 is 3.13 bits per heavy atom. The molecular formula is C9H10N2O4. The van der Waals surface area contributed by atoms with E-state index in [1.807, 2.05) is 0 Å². The average Bonchev–Trinajstić information content (AvgIpc) is 2.78. The molecule has 0 saturated carbocycles. The second-order valence-electron chi connectivity index (χ2n) is 3.39. The molecule has 0 bridgehead atoms. The first-order valence-corrected chi connectivity index (χ1v) is 4.60. The Morgan fingerprint density at radius 1 is 1.73 bits per heavy atom. The van der Waals surface area contributed by atoms with Crippen LogP contribution in [0.4, 0.5) is 0 Å². The summed E-state index contributed by atoms with van der Waals surface area (Å²) in [5.41, 5.74) is 0. The molecule has 0 radical (unpaired) electrons.